The van der Waals surface area contributed by atoms with E-state index in [1.807, 2.05) is 6.07 Å². The third kappa shape index (κ3) is 2.04. The molecule has 4 rings (SSSR count). The van der Waals surface area contributed by atoms with Gasteiger partial charge in [-0.15, -0.1) is 0 Å². The maximum absolute atomic E-state index is 13.7. The highest BCUT2D eigenvalue weighted by Gasteiger charge is 2.34. The number of H-pyrrole nitrogens is 1. The van der Waals surface area contributed by atoms with Gasteiger partial charge in [0.15, 0.2) is 0 Å². The maximum atomic E-state index is 13.7. The van der Waals surface area contributed by atoms with Gasteiger partial charge in [-0.3, -0.25) is 14.5 Å². The molecule has 1 aliphatic rings. The molecule has 23 heavy (non-hydrogen) atoms. The molecule has 2 aromatic carbocycles. The fourth-order valence-corrected chi connectivity index (χ4v) is 3.06. The molecule has 0 unspecified atom stereocenters. The summed E-state index contributed by atoms with van der Waals surface area (Å²) in [7, 11) is 0. The Hall–Kier alpha value is -2.95. The number of hydrogen-bond donors (Lipinski definition) is 1. The molecule has 114 valence electrons. The topological polar surface area (TPSA) is 53.2 Å². The molecule has 0 atom stereocenters. The molecule has 0 bridgehead atoms. The average Bonchev–Trinajstić information content (AvgIpc) is 3.08. The van der Waals surface area contributed by atoms with E-state index in [0.29, 0.717) is 23.1 Å². The summed E-state index contributed by atoms with van der Waals surface area (Å²) in [6.07, 6.45) is 2.21. The van der Waals surface area contributed by atoms with Gasteiger partial charge < -0.3 is 4.98 Å². The first-order valence-electron chi connectivity index (χ1n) is 7.36. The van der Waals surface area contributed by atoms with E-state index in [9.17, 15) is 14.0 Å². The van der Waals surface area contributed by atoms with Gasteiger partial charge in [-0.2, -0.15) is 0 Å². The Kier molecular flexibility index (Phi) is 3.01. The number of rotatable bonds is 3. The SMILES string of the molecule is O=C1c2ccccc2C(=O)N1CCc1c[nH]c2c(F)cccc12. The molecular weight excluding hydrogens is 295 g/mol. The van der Waals surface area contributed by atoms with Crippen LogP contribution in [0.5, 0.6) is 0 Å². The molecule has 5 heteroatoms. The second-order valence-electron chi connectivity index (χ2n) is 5.53. The van der Waals surface area contributed by atoms with Crippen molar-refractivity contribution in [2.45, 2.75) is 6.42 Å². The first-order valence-corrected chi connectivity index (χ1v) is 7.36. The molecule has 1 N–H and O–H groups in total. The monoisotopic (exact) mass is 308 g/mol. The third-order valence-corrected chi connectivity index (χ3v) is 4.23. The van der Waals surface area contributed by atoms with E-state index in [0.717, 1.165) is 10.9 Å². The van der Waals surface area contributed by atoms with Crippen molar-refractivity contribution >= 4 is 22.7 Å². The van der Waals surface area contributed by atoms with Crippen molar-refractivity contribution in [1.29, 1.82) is 0 Å². The standard InChI is InChI=1S/C18H13FN2O2/c19-15-7-3-6-12-11(10-20-16(12)15)8-9-21-17(22)13-4-1-2-5-14(13)18(21)23/h1-7,10,20H,8-9H2. The van der Waals surface area contributed by atoms with E-state index in [1.165, 1.54) is 11.0 Å². The van der Waals surface area contributed by atoms with Gasteiger partial charge in [0.1, 0.15) is 5.82 Å². The summed E-state index contributed by atoms with van der Waals surface area (Å²) in [4.78, 5) is 28.8. The number of hydrogen-bond acceptors (Lipinski definition) is 2. The van der Waals surface area contributed by atoms with Crippen LogP contribution in [0.4, 0.5) is 4.39 Å². The Labute approximate surface area is 131 Å². The van der Waals surface area contributed by atoms with E-state index < -0.39 is 0 Å². The number of aromatic nitrogens is 1. The van der Waals surface area contributed by atoms with Crippen LogP contribution in [-0.4, -0.2) is 28.2 Å². The van der Waals surface area contributed by atoms with Gasteiger partial charge in [0.05, 0.1) is 16.6 Å². The van der Waals surface area contributed by atoms with Crippen LogP contribution in [0.1, 0.15) is 26.3 Å². The molecule has 0 radical (unpaired) electrons. The summed E-state index contributed by atoms with van der Waals surface area (Å²) in [6, 6.07) is 11.7. The number of aromatic amines is 1. The van der Waals surface area contributed by atoms with Crippen LogP contribution in [0.25, 0.3) is 10.9 Å². The lowest BCUT2D eigenvalue weighted by Gasteiger charge is -2.13. The van der Waals surface area contributed by atoms with Crippen LogP contribution in [0.3, 0.4) is 0 Å². The number of nitrogens with zero attached hydrogens (tertiary/aromatic N) is 1. The molecule has 1 aromatic heterocycles. The van der Waals surface area contributed by atoms with Crippen LogP contribution in [0.2, 0.25) is 0 Å². The van der Waals surface area contributed by atoms with Gasteiger partial charge in [-0.05, 0) is 30.2 Å². The van der Waals surface area contributed by atoms with E-state index in [4.69, 9.17) is 0 Å². The second kappa shape index (κ2) is 5.05. The largest absolute Gasteiger partial charge is 0.359 e. The molecule has 0 saturated heterocycles. The smallest absolute Gasteiger partial charge is 0.261 e. The lowest BCUT2D eigenvalue weighted by Crippen LogP contribution is -2.31. The van der Waals surface area contributed by atoms with Crippen molar-refractivity contribution in [3.8, 4) is 0 Å². The van der Waals surface area contributed by atoms with Crippen molar-refractivity contribution in [2.24, 2.45) is 0 Å². The van der Waals surface area contributed by atoms with Gasteiger partial charge in [-0.1, -0.05) is 24.3 Å². The third-order valence-electron chi connectivity index (χ3n) is 4.23. The summed E-state index contributed by atoms with van der Waals surface area (Å²) in [5.41, 5.74) is 2.23. The number of carbonyl (C=O) groups excluding carboxylic acids is 2. The highest BCUT2D eigenvalue weighted by atomic mass is 19.1. The fraction of sp³-hybridized carbons (Fsp3) is 0.111. The number of carbonyl (C=O) groups is 2. The first-order chi connectivity index (χ1) is 11.2. The van der Waals surface area contributed by atoms with Gasteiger partial charge in [0.2, 0.25) is 0 Å². The van der Waals surface area contributed by atoms with Crippen molar-refractivity contribution in [2.75, 3.05) is 6.54 Å². The summed E-state index contributed by atoms with van der Waals surface area (Å²) < 4.78 is 13.7. The minimum atomic E-state index is -0.311. The normalized spacial score (nSPS) is 13.9. The minimum Gasteiger partial charge on any atom is -0.359 e. The van der Waals surface area contributed by atoms with Crippen LogP contribution in [0.15, 0.2) is 48.7 Å². The van der Waals surface area contributed by atoms with Crippen molar-refractivity contribution in [3.05, 3.63) is 71.2 Å². The minimum absolute atomic E-state index is 0.267. The predicted molar refractivity (Wildman–Crippen MR) is 83.8 cm³/mol. The second-order valence-corrected chi connectivity index (χ2v) is 5.53. The molecule has 0 aliphatic carbocycles. The first kappa shape index (κ1) is 13.7. The maximum Gasteiger partial charge on any atom is 0.261 e. The zero-order valence-electron chi connectivity index (χ0n) is 12.2. The molecule has 2 heterocycles. The fourth-order valence-electron chi connectivity index (χ4n) is 3.06. The zero-order valence-corrected chi connectivity index (χ0v) is 12.2. The van der Waals surface area contributed by atoms with E-state index in [2.05, 4.69) is 4.98 Å². The van der Waals surface area contributed by atoms with Gasteiger partial charge >= 0.3 is 0 Å². The predicted octanol–water partition coefficient (Wildman–Crippen LogP) is 3.15. The van der Waals surface area contributed by atoms with E-state index in [-0.39, 0.29) is 24.2 Å². The summed E-state index contributed by atoms with van der Waals surface area (Å²) in [5, 5.41) is 0.779. The number of imide groups is 1. The molecular formula is C18H13FN2O2. The number of nitrogens with one attached hydrogen (secondary N) is 1. The Bertz CT molecular complexity index is 910. The van der Waals surface area contributed by atoms with Gasteiger partial charge in [0.25, 0.3) is 11.8 Å². The Balaban J connectivity index is 1.59. The number of halogens is 1. The molecule has 0 spiro atoms. The molecule has 2 amide bonds. The summed E-state index contributed by atoms with van der Waals surface area (Å²) >= 11 is 0. The highest BCUT2D eigenvalue weighted by molar-refractivity contribution is 6.21. The van der Waals surface area contributed by atoms with Crippen LogP contribution < -0.4 is 0 Å². The molecule has 0 saturated carbocycles. The Morgan fingerprint density at radius 2 is 1.65 bits per heavy atom. The molecule has 0 fully saturated rings. The quantitative estimate of drug-likeness (QED) is 0.756. The van der Waals surface area contributed by atoms with Crippen LogP contribution in [-0.2, 0) is 6.42 Å². The Morgan fingerprint density at radius 3 is 2.35 bits per heavy atom. The van der Waals surface area contributed by atoms with Crippen molar-refractivity contribution in [3.63, 3.8) is 0 Å². The zero-order chi connectivity index (χ0) is 16.0. The van der Waals surface area contributed by atoms with E-state index >= 15 is 0 Å². The van der Waals surface area contributed by atoms with E-state index in [1.54, 1.807) is 36.5 Å². The Morgan fingerprint density at radius 1 is 0.957 bits per heavy atom. The molecule has 3 aromatic rings. The molecule has 4 nitrogen and oxygen atoms in total. The van der Waals surface area contributed by atoms with Crippen molar-refractivity contribution < 1.29 is 14.0 Å². The van der Waals surface area contributed by atoms with Gasteiger partial charge in [0, 0.05) is 18.1 Å². The van der Waals surface area contributed by atoms with Crippen LogP contribution in [0, 0.1) is 5.82 Å². The van der Waals surface area contributed by atoms with Gasteiger partial charge in [-0.25, -0.2) is 4.39 Å². The van der Waals surface area contributed by atoms with Crippen LogP contribution >= 0.6 is 0 Å². The number of amides is 2. The molecule has 1 aliphatic heterocycles. The lowest BCUT2D eigenvalue weighted by molar-refractivity contribution is 0.0656. The highest BCUT2D eigenvalue weighted by Crippen LogP contribution is 2.25. The number of fused-ring (bicyclic) bond motifs is 2. The van der Waals surface area contributed by atoms with Crippen molar-refractivity contribution in [1.82, 2.24) is 9.88 Å². The number of benzene rings is 2. The average molecular weight is 308 g/mol. The summed E-state index contributed by atoms with van der Waals surface area (Å²) in [5.74, 6) is -0.845. The number of para-hydroxylation sites is 1. The summed E-state index contributed by atoms with van der Waals surface area (Å²) in [6.45, 7) is 0.274. The lowest BCUT2D eigenvalue weighted by atomic mass is 10.1.